The number of amides is 2. The van der Waals surface area contributed by atoms with Gasteiger partial charge in [-0.3, -0.25) is 0 Å². The standard InChI is InChI=1S/C21H17BrCl2N2O/c22-16-7-9-17(10-8-16)26-21(27)25-13-15-6-11-19(23)18(20(15)24)12-14-4-2-1-3-5-14/h1-11H,12-13H2,(H2,25,26,27). The first-order valence-electron chi connectivity index (χ1n) is 8.33. The zero-order chi connectivity index (χ0) is 19.2. The van der Waals surface area contributed by atoms with Gasteiger partial charge in [-0.05, 0) is 47.0 Å². The lowest BCUT2D eigenvalue weighted by Crippen LogP contribution is -2.28. The fourth-order valence-electron chi connectivity index (χ4n) is 2.63. The molecule has 0 bridgehead atoms. The molecule has 0 saturated heterocycles. The lowest BCUT2D eigenvalue weighted by atomic mass is 10.0. The van der Waals surface area contributed by atoms with Crippen LogP contribution in [0.5, 0.6) is 0 Å². The van der Waals surface area contributed by atoms with Crippen molar-refractivity contribution in [2.75, 3.05) is 5.32 Å². The number of carbonyl (C=O) groups is 1. The van der Waals surface area contributed by atoms with Crippen molar-refractivity contribution in [3.8, 4) is 0 Å². The minimum Gasteiger partial charge on any atom is -0.334 e. The van der Waals surface area contributed by atoms with Crippen molar-refractivity contribution in [2.24, 2.45) is 0 Å². The van der Waals surface area contributed by atoms with Crippen molar-refractivity contribution in [3.63, 3.8) is 0 Å². The van der Waals surface area contributed by atoms with Crippen molar-refractivity contribution in [1.29, 1.82) is 0 Å². The first kappa shape index (κ1) is 19.7. The zero-order valence-electron chi connectivity index (χ0n) is 14.3. The van der Waals surface area contributed by atoms with Crippen LogP contribution in [-0.4, -0.2) is 6.03 Å². The Morgan fingerprint density at radius 2 is 1.63 bits per heavy atom. The number of benzene rings is 3. The fraction of sp³-hybridized carbons (Fsp3) is 0.0952. The molecule has 0 aliphatic carbocycles. The van der Waals surface area contributed by atoms with E-state index in [9.17, 15) is 4.79 Å². The maximum absolute atomic E-state index is 12.1. The van der Waals surface area contributed by atoms with Gasteiger partial charge in [-0.2, -0.15) is 0 Å². The third kappa shape index (κ3) is 5.48. The molecular weight excluding hydrogens is 447 g/mol. The quantitative estimate of drug-likeness (QED) is 0.435. The van der Waals surface area contributed by atoms with E-state index in [2.05, 4.69) is 26.6 Å². The molecule has 3 rings (SSSR count). The molecule has 2 amide bonds. The van der Waals surface area contributed by atoms with Gasteiger partial charge in [-0.25, -0.2) is 4.79 Å². The monoisotopic (exact) mass is 462 g/mol. The molecule has 2 N–H and O–H groups in total. The highest BCUT2D eigenvalue weighted by molar-refractivity contribution is 9.10. The van der Waals surface area contributed by atoms with Gasteiger partial charge in [0.05, 0.1) is 5.02 Å². The smallest absolute Gasteiger partial charge is 0.319 e. The van der Waals surface area contributed by atoms with Gasteiger partial charge in [0.2, 0.25) is 0 Å². The summed E-state index contributed by atoms with van der Waals surface area (Å²) in [6, 6.07) is 20.7. The third-order valence-electron chi connectivity index (χ3n) is 4.03. The summed E-state index contributed by atoms with van der Waals surface area (Å²) in [5.41, 5.74) is 3.51. The summed E-state index contributed by atoms with van der Waals surface area (Å²) >= 11 is 16.3. The highest BCUT2D eigenvalue weighted by Gasteiger charge is 2.12. The number of halogens is 3. The van der Waals surface area contributed by atoms with Gasteiger partial charge >= 0.3 is 6.03 Å². The van der Waals surface area contributed by atoms with Crippen LogP contribution in [0, 0.1) is 0 Å². The summed E-state index contributed by atoms with van der Waals surface area (Å²) in [6.07, 6.45) is 0.636. The second kappa shape index (κ2) is 9.27. The summed E-state index contributed by atoms with van der Waals surface area (Å²) in [4.78, 5) is 12.1. The zero-order valence-corrected chi connectivity index (χ0v) is 17.4. The molecule has 3 aromatic carbocycles. The highest BCUT2D eigenvalue weighted by Crippen LogP contribution is 2.30. The molecule has 3 aromatic rings. The van der Waals surface area contributed by atoms with Gasteiger partial charge in [-0.1, -0.05) is 75.5 Å². The number of hydrogen-bond donors (Lipinski definition) is 2. The molecule has 0 unspecified atom stereocenters. The molecule has 3 nitrogen and oxygen atoms in total. The Balaban J connectivity index is 1.67. The second-order valence-corrected chi connectivity index (χ2v) is 7.68. The molecule has 0 saturated carbocycles. The average molecular weight is 464 g/mol. The predicted octanol–water partition coefficient (Wildman–Crippen LogP) is 6.67. The summed E-state index contributed by atoms with van der Waals surface area (Å²) in [5.74, 6) is 0. The molecule has 0 aliphatic rings. The molecule has 6 heteroatoms. The Kier molecular flexibility index (Phi) is 6.78. The first-order chi connectivity index (χ1) is 13.0. The molecule has 0 spiro atoms. The van der Waals surface area contributed by atoms with Gasteiger partial charge in [0, 0.05) is 28.1 Å². The maximum Gasteiger partial charge on any atom is 0.319 e. The predicted molar refractivity (Wildman–Crippen MR) is 116 cm³/mol. The van der Waals surface area contributed by atoms with Crippen LogP contribution >= 0.6 is 39.1 Å². The van der Waals surface area contributed by atoms with Crippen molar-refractivity contribution < 1.29 is 4.79 Å². The Bertz CT molecular complexity index is 931. The molecule has 27 heavy (non-hydrogen) atoms. The Labute approximate surface area is 176 Å². The Morgan fingerprint density at radius 3 is 2.33 bits per heavy atom. The highest BCUT2D eigenvalue weighted by atomic mass is 79.9. The molecule has 0 radical (unpaired) electrons. The van der Waals surface area contributed by atoms with Crippen LogP contribution in [-0.2, 0) is 13.0 Å². The summed E-state index contributed by atoms with van der Waals surface area (Å²) < 4.78 is 0.951. The van der Waals surface area contributed by atoms with Crippen molar-refractivity contribution in [1.82, 2.24) is 5.32 Å². The van der Waals surface area contributed by atoms with E-state index in [1.165, 1.54) is 0 Å². The van der Waals surface area contributed by atoms with E-state index in [4.69, 9.17) is 23.2 Å². The lowest BCUT2D eigenvalue weighted by molar-refractivity contribution is 0.251. The van der Waals surface area contributed by atoms with E-state index in [-0.39, 0.29) is 6.03 Å². The van der Waals surface area contributed by atoms with Gasteiger partial charge in [0.15, 0.2) is 0 Å². The fourth-order valence-corrected chi connectivity index (χ4v) is 3.46. The maximum atomic E-state index is 12.1. The summed E-state index contributed by atoms with van der Waals surface area (Å²) in [5, 5.41) is 6.81. The average Bonchev–Trinajstić information content (AvgIpc) is 2.67. The van der Waals surface area contributed by atoms with E-state index in [0.29, 0.717) is 28.7 Å². The topological polar surface area (TPSA) is 41.1 Å². The number of urea groups is 1. The van der Waals surface area contributed by atoms with E-state index < -0.39 is 0 Å². The molecular formula is C21H17BrCl2N2O. The summed E-state index contributed by atoms with van der Waals surface area (Å²) in [7, 11) is 0. The van der Waals surface area contributed by atoms with Crippen LogP contribution in [0.1, 0.15) is 16.7 Å². The molecule has 0 aromatic heterocycles. The van der Waals surface area contributed by atoms with Crippen LogP contribution in [0.3, 0.4) is 0 Å². The molecule has 0 atom stereocenters. The number of carbonyl (C=O) groups excluding carboxylic acids is 1. The van der Waals surface area contributed by atoms with Crippen LogP contribution in [0.2, 0.25) is 10.0 Å². The van der Waals surface area contributed by atoms with Crippen LogP contribution in [0.4, 0.5) is 10.5 Å². The molecule has 0 heterocycles. The third-order valence-corrected chi connectivity index (χ3v) is 5.38. The Hall–Kier alpha value is -2.01. The Morgan fingerprint density at radius 1 is 0.926 bits per heavy atom. The normalized spacial score (nSPS) is 10.5. The van der Waals surface area contributed by atoms with E-state index in [0.717, 1.165) is 21.2 Å². The van der Waals surface area contributed by atoms with Crippen molar-refractivity contribution in [3.05, 3.63) is 97.9 Å². The van der Waals surface area contributed by atoms with E-state index in [1.807, 2.05) is 66.7 Å². The SMILES string of the molecule is O=C(NCc1ccc(Cl)c(Cc2ccccc2)c1Cl)Nc1ccc(Br)cc1. The minimum atomic E-state index is -0.298. The van der Waals surface area contributed by atoms with Crippen LogP contribution in [0.15, 0.2) is 71.2 Å². The van der Waals surface area contributed by atoms with Crippen molar-refractivity contribution in [2.45, 2.75) is 13.0 Å². The number of nitrogens with one attached hydrogen (secondary N) is 2. The van der Waals surface area contributed by atoms with Gasteiger partial charge in [0.1, 0.15) is 0 Å². The largest absolute Gasteiger partial charge is 0.334 e. The van der Waals surface area contributed by atoms with Crippen molar-refractivity contribution >= 4 is 50.9 Å². The lowest BCUT2D eigenvalue weighted by Gasteiger charge is -2.13. The first-order valence-corrected chi connectivity index (χ1v) is 9.88. The molecule has 0 aliphatic heterocycles. The van der Waals surface area contributed by atoms with E-state index >= 15 is 0 Å². The summed E-state index contributed by atoms with van der Waals surface area (Å²) in [6.45, 7) is 0.306. The van der Waals surface area contributed by atoms with Gasteiger partial charge in [0.25, 0.3) is 0 Å². The number of rotatable bonds is 5. The van der Waals surface area contributed by atoms with Crippen LogP contribution in [0.25, 0.3) is 0 Å². The number of anilines is 1. The number of hydrogen-bond acceptors (Lipinski definition) is 1. The molecule has 0 fully saturated rings. The minimum absolute atomic E-state index is 0.298. The van der Waals surface area contributed by atoms with Gasteiger partial charge < -0.3 is 10.6 Å². The van der Waals surface area contributed by atoms with Crippen LogP contribution < -0.4 is 10.6 Å². The molecule has 138 valence electrons. The second-order valence-electron chi connectivity index (χ2n) is 5.98. The van der Waals surface area contributed by atoms with Gasteiger partial charge in [-0.15, -0.1) is 0 Å². The van der Waals surface area contributed by atoms with E-state index in [1.54, 1.807) is 0 Å².